The number of nitriles is 1. The van der Waals surface area contributed by atoms with Gasteiger partial charge in [-0.2, -0.15) is 5.26 Å². The molecule has 0 bridgehead atoms. The molecule has 0 aliphatic carbocycles. The van der Waals surface area contributed by atoms with Crippen molar-refractivity contribution < 1.29 is 0 Å². The molecule has 0 aliphatic heterocycles. The Morgan fingerprint density at radius 2 is 2.08 bits per heavy atom. The Balaban J connectivity index is 2.66. The summed E-state index contributed by atoms with van der Waals surface area (Å²) < 4.78 is 1.01. The topological polar surface area (TPSA) is 48.2 Å². The molecule has 0 amide bonds. The largest absolute Gasteiger partial charge is 0.283 e. The summed E-state index contributed by atoms with van der Waals surface area (Å²) >= 11 is 3.31. The molecule has 0 heterocycles. The Bertz CT molecular complexity index is 310. The van der Waals surface area contributed by atoms with Gasteiger partial charge in [0.15, 0.2) is 6.19 Å². The zero-order valence-electron chi connectivity index (χ0n) is 6.16. The minimum atomic E-state index is 0.806. The molecular formula is C8H6BrN3. The second-order valence-electron chi connectivity index (χ2n) is 1.99. The number of hydrogen-bond acceptors (Lipinski definition) is 2. The van der Waals surface area contributed by atoms with Gasteiger partial charge in [0.05, 0.1) is 5.69 Å². The highest BCUT2D eigenvalue weighted by Gasteiger charge is 1.86. The molecule has 0 spiro atoms. The molecule has 0 atom stereocenters. The molecular weight excluding hydrogens is 218 g/mol. The van der Waals surface area contributed by atoms with Crippen molar-refractivity contribution in [2.45, 2.75) is 0 Å². The molecule has 1 aromatic rings. The Morgan fingerprint density at radius 1 is 1.42 bits per heavy atom. The van der Waals surface area contributed by atoms with Crippen molar-refractivity contribution in [2.75, 3.05) is 0 Å². The first-order valence-corrected chi connectivity index (χ1v) is 4.05. The molecule has 0 aromatic heterocycles. The average Bonchev–Trinajstić information content (AvgIpc) is 2.09. The van der Waals surface area contributed by atoms with Gasteiger partial charge in [0, 0.05) is 4.47 Å². The number of benzene rings is 1. The number of nitrogens with zero attached hydrogens (tertiary/aromatic N) is 2. The Morgan fingerprint density at radius 3 is 2.67 bits per heavy atom. The van der Waals surface area contributed by atoms with Gasteiger partial charge in [-0.1, -0.05) is 15.9 Å². The molecule has 0 unspecified atom stereocenters. The van der Waals surface area contributed by atoms with Gasteiger partial charge in [-0.15, -0.1) is 0 Å². The maximum Gasteiger partial charge on any atom is 0.182 e. The van der Waals surface area contributed by atoms with Crippen molar-refractivity contribution in [3.05, 3.63) is 28.7 Å². The lowest BCUT2D eigenvalue weighted by molar-refractivity contribution is 1.29. The smallest absolute Gasteiger partial charge is 0.182 e. The van der Waals surface area contributed by atoms with E-state index in [-0.39, 0.29) is 0 Å². The number of rotatable bonds is 2. The van der Waals surface area contributed by atoms with E-state index >= 15 is 0 Å². The molecule has 0 aliphatic rings. The fourth-order valence-electron chi connectivity index (χ4n) is 0.663. The Kier molecular flexibility index (Phi) is 3.30. The van der Waals surface area contributed by atoms with E-state index < -0.39 is 0 Å². The van der Waals surface area contributed by atoms with Crippen LogP contribution in [0.25, 0.3) is 0 Å². The van der Waals surface area contributed by atoms with Crippen molar-refractivity contribution in [1.29, 1.82) is 5.26 Å². The van der Waals surface area contributed by atoms with Crippen LogP contribution < -0.4 is 5.32 Å². The van der Waals surface area contributed by atoms with Crippen molar-refractivity contribution in [2.24, 2.45) is 4.99 Å². The van der Waals surface area contributed by atoms with Crippen LogP contribution in [0, 0.1) is 11.5 Å². The van der Waals surface area contributed by atoms with E-state index in [1.54, 1.807) is 6.19 Å². The quantitative estimate of drug-likeness (QED) is 0.362. The first-order valence-electron chi connectivity index (χ1n) is 3.25. The summed E-state index contributed by atoms with van der Waals surface area (Å²) in [4.78, 5) is 3.96. The van der Waals surface area contributed by atoms with Gasteiger partial charge in [0.2, 0.25) is 0 Å². The molecule has 1 rings (SSSR count). The highest BCUT2D eigenvalue weighted by Crippen LogP contribution is 2.15. The molecule has 0 fully saturated rings. The molecule has 0 radical (unpaired) electrons. The van der Waals surface area contributed by atoms with Crippen LogP contribution in [0.4, 0.5) is 5.69 Å². The van der Waals surface area contributed by atoms with Gasteiger partial charge in [0.25, 0.3) is 0 Å². The van der Waals surface area contributed by atoms with E-state index in [9.17, 15) is 0 Å². The lowest BCUT2D eigenvalue weighted by Gasteiger charge is -1.91. The SMILES string of the molecule is N#CNC=Nc1ccc(Br)cc1. The zero-order chi connectivity index (χ0) is 8.81. The summed E-state index contributed by atoms with van der Waals surface area (Å²) in [6.07, 6.45) is 3.09. The molecule has 1 aromatic carbocycles. The second-order valence-corrected chi connectivity index (χ2v) is 2.91. The second kappa shape index (κ2) is 4.52. The Labute approximate surface area is 78.9 Å². The number of nitrogens with one attached hydrogen (secondary N) is 1. The van der Waals surface area contributed by atoms with E-state index in [4.69, 9.17) is 5.26 Å². The van der Waals surface area contributed by atoms with Crippen LogP contribution in [0.3, 0.4) is 0 Å². The van der Waals surface area contributed by atoms with Crippen LogP contribution in [-0.2, 0) is 0 Å². The number of aliphatic imine (C=N–C) groups is 1. The molecule has 12 heavy (non-hydrogen) atoms. The summed E-state index contributed by atoms with van der Waals surface area (Å²) in [7, 11) is 0. The van der Waals surface area contributed by atoms with Crippen LogP contribution in [0.2, 0.25) is 0 Å². The van der Waals surface area contributed by atoms with Crippen molar-refractivity contribution in [3.63, 3.8) is 0 Å². The van der Waals surface area contributed by atoms with E-state index in [2.05, 4.69) is 26.2 Å². The van der Waals surface area contributed by atoms with Gasteiger partial charge in [-0.05, 0) is 24.3 Å². The lowest BCUT2D eigenvalue weighted by atomic mass is 10.3. The van der Waals surface area contributed by atoms with E-state index in [0.717, 1.165) is 10.2 Å². The zero-order valence-corrected chi connectivity index (χ0v) is 7.75. The summed E-state index contributed by atoms with van der Waals surface area (Å²) in [5, 5.41) is 10.4. The van der Waals surface area contributed by atoms with Crippen molar-refractivity contribution in [3.8, 4) is 6.19 Å². The molecule has 3 nitrogen and oxygen atoms in total. The molecule has 1 N–H and O–H groups in total. The number of hydrogen-bond donors (Lipinski definition) is 1. The van der Waals surface area contributed by atoms with Crippen LogP contribution in [-0.4, -0.2) is 6.34 Å². The summed E-state index contributed by atoms with van der Waals surface area (Å²) in [5.41, 5.74) is 0.806. The standard InChI is InChI=1S/C8H6BrN3/c9-7-1-3-8(4-2-7)12-6-11-5-10/h1-4,6H,(H,11,12). The fourth-order valence-corrected chi connectivity index (χ4v) is 0.927. The summed E-state index contributed by atoms with van der Waals surface area (Å²) in [6, 6.07) is 7.47. The first-order chi connectivity index (χ1) is 5.83. The third-order valence-corrected chi connectivity index (χ3v) is 1.70. The summed E-state index contributed by atoms with van der Waals surface area (Å²) in [6.45, 7) is 0. The highest BCUT2D eigenvalue weighted by molar-refractivity contribution is 9.10. The average molecular weight is 224 g/mol. The van der Waals surface area contributed by atoms with Crippen LogP contribution >= 0.6 is 15.9 Å². The normalized spacial score (nSPS) is 9.67. The predicted molar refractivity (Wildman–Crippen MR) is 51.0 cm³/mol. The molecule has 0 saturated carbocycles. The maximum absolute atomic E-state index is 8.13. The lowest BCUT2D eigenvalue weighted by Crippen LogP contribution is -1.98. The van der Waals surface area contributed by atoms with Crippen LogP contribution in [0.5, 0.6) is 0 Å². The van der Waals surface area contributed by atoms with E-state index in [1.807, 2.05) is 24.3 Å². The highest BCUT2D eigenvalue weighted by atomic mass is 79.9. The molecule has 60 valence electrons. The van der Waals surface area contributed by atoms with Crippen LogP contribution in [0.1, 0.15) is 0 Å². The van der Waals surface area contributed by atoms with Crippen molar-refractivity contribution >= 4 is 28.0 Å². The van der Waals surface area contributed by atoms with Crippen LogP contribution in [0.15, 0.2) is 33.7 Å². The molecule has 0 saturated heterocycles. The molecule has 4 heteroatoms. The van der Waals surface area contributed by atoms with Gasteiger partial charge in [-0.25, -0.2) is 4.99 Å². The van der Waals surface area contributed by atoms with Gasteiger partial charge in [0.1, 0.15) is 6.34 Å². The Hall–Kier alpha value is -1.34. The predicted octanol–water partition coefficient (Wildman–Crippen LogP) is 2.18. The maximum atomic E-state index is 8.13. The van der Waals surface area contributed by atoms with Gasteiger partial charge in [-0.3, -0.25) is 5.32 Å². The van der Waals surface area contributed by atoms with E-state index in [0.29, 0.717) is 0 Å². The van der Waals surface area contributed by atoms with Crippen molar-refractivity contribution in [1.82, 2.24) is 5.32 Å². The summed E-state index contributed by atoms with van der Waals surface area (Å²) in [5.74, 6) is 0. The van der Waals surface area contributed by atoms with Gasteiger partial charge < -0.3 is 0 Å². The number of halogens is 1. The van der Waals surface area contributed by atoms with E-state index in [1.165, 1.54) is 6.34 Å². The minimum Gasteiger partial charge on any atom is -0.283 e. The monoisotopic (exact) mass is 223 g/mol. The fraction of sp³-hybridized carbons (Fsp3) is 0. The minimum absolute atomic E-state index is 0.806. The van der Waals surface area contributed by atoms with Gasteiger partial charge >= 0.3 is 0 Å². The third kappa shape index (κ3) is 2.72. The third-order valence-electron chi connectivity index (χ3n) is 1.17. The first kappa shape index (κ1) is 8.75.